The van der Waals surface area contributed by atoms with Crippen LogP contribution in [0.5, 0.6) is 0 Å². The predicted octanol–water partition coefficient (Wildman–Crippen LogP) is 6.01. The van der Waals surface area contributed by atoms with Crippen LogP contribution in [-0.4, -0.2) is 53.0 Å². The van der Waals surface area contributed by atoms with Crippen LogP contribution >= 0.6 is 0 Å². The summed E-state index contributed by atoms with van der Waals surface area (Å²) in [6.45, 7) is 0.672. The van der Waals surface area contributed by atoms with Gasteiger partial charge in [0, 0.05) is 44.2 Å². The van der Waals surface area contributed by atoms with E-state index >= 15 is 0 Å². The molecule has 1 heterocycles. The molecule has 42 heavy (non-hydrogen) atoms. The lowest BCUT2D eigenvalue weighted by Gasteiger charge is -2.28. The minimum atomic E-state index is -4.45. The maximum absolute atomic E-state index is 13.8. The average Bonchev–Trinajstić information content (AvgIpc) is 3.41. The zero-order chi connectivity index (χ0) is 30.1. The molecule has 0 bridgehead atoms. The maximum Gasteiger partial charge on any atom is 0.416 e. The van der Waals surface area contributed by atoms with Crippen LogP contribution in [0.4, 0.5) is 17.6 Å². The van der Waals surface area contributed by atoms with E-state index < -0.39 is 23.5 Å². The van der Waals surface area contributed by atoms with Crippen LogP contribution < -0.4 is 0 Å². The molecule has 0 aliphatic heterocycles. The molecule has 10 heteroatoms. The first-order valence-electron chi connectivity index (χ1n) is 13.3. The van der Waals surface area contributed by atoms with Gasteiger partial charge in [-0.05, 0) is 59.7 Å². The van der Waals surface area contributed by atoms with Crippen LogP contribution in [0, 0.1) is 5.82 Å². The smallest absolute Gasteiger partial charge is 0.383 e. The zero-order valence-corrected chi connectivity index (χ0v) is 23.1. The van der Waals surface area contributed by atoms with Crippen molar-refractivity contribution >= 4 is 11.8 Å². The molecule has 0 saturated carbocycles. The minimum Gasteiger partial charge on any atom is -0.383 e. The summed E-state index contributed by atoms with van der Waals surface area (Å²) in [6.07, 6.45) is -2.70. The Kier molecular flexibility index (Phi) is 10.1. The SMILES string of the molecule is COCCN(CC(=O)N(Cc1ccccc1)Cc1cccn1Cc1cccc(C(F)(F)F)c1)C(=O)c1ccc(F)cc1. The normalized spacial score (nSPS) is 11.4. The zero-order valence-electron chi connectivity index (χ0n) is 23.1. The number of hydrogen-bond donors (Lipinski definition) is 0. The van der Waals surface area contributed by atoms with Crippen molar-refractivity contribution < 1.29 is 31.9 Å². The molecule has 0 spiro atoms. The molecule has 0 aliphatic carbocycles. The molecule has 3 aromatic carbocycles. The molecule has 1 aromatic heterocycles. The van der Waals surface area contributed by atoms with Crippen LogP contribution in [0.25, 0.3) is 0 Å². The monoisotopic (exact) mass is 581 g/mol. The highest BCUT2D eigenvalue weighted by Crippen LogP contribution is 2.30. The Labute approximate surface area is 241 Å². The van der Waals surface area contributed by atoms with Gasteiger partial charge in [-0.3, -0.25) is 9.59 Å². The van der Waals surface area contributed by atoms with Crippen molar-refractivity contribution in [3.05, 3.63) is 131 Å². The first-order valence-corrected chi connectivity index (χ1v) is 13.3. The molecule has 0 radical (unpaired) electrons. The van der Waals surface area contributed by atoms with Crippen LogP contribution in [0.1, 0.15) is 32.7 Å². The Morgan fingerprint density at radius 2 is 1.55 bits per heavy atom. The molecule has 4 rings (SSSR count). The fraction of sp³-hybridized carbons (Fsp3) is 0.250. The van der Waals surface area contributed by atoms with Gasteiger partial charge in [0.2, 0.25) is 5.91 Å². The van der Waals surface area contributed by atoms with Crippen LogP contribution in [0.15, 0.2) is 97.2 Å². The number of benzene rings is 3. The third-order valence-corrected chi connectivity index (χ3v) is 6.72. The van der Waals surface area contributed by atoms with Gasteiger partial charge in [0.05, 0.1) is 18.7 Å². The number of carbonyl (C=O) groups excluding carboxylic acids is 2. The van der Waals surface area contributed by atoms with Crippen molar-refractivity contribution in [2.45, 2.75) is 25.8 Å². The molecular weight excluding hydrogens is 550 g/mol. The number of methoxy groups -OCH3 is 1. The van der Waals surface area contributed by atoms with Crippen molar-refractivity contribution in [3.8, 4) is 0 Å². The standard InChI is InChI=1S/C32H31F4N3O3/c1-42-18-17-38(31(41)26-12-14-28(33)15-13-26)23-30(40)39(20-24-7-3-2-4-8-24)22-29-11-6-16-37(29)21-25-9-5-10-27(19-25)32(34,35)36/h2-16,19H,17-18,20-23H2,1H3. The Morgan fingerprint density at radius 1 is 0.833 bits per heavy atom. The summed E-state index contributed by atoms with van der Waals surface area (Å²) in [6, 6.07) is 23.2. The van der Waals surface area contributed by atoms with Gasteiger partial charge in [-0.15, -0.1) is 0 Å². The molecular formula is C32H31F4N3O3. The Balaban J connectivity index is 1.57. The van der Waals surface area contributed by atoms with Gasteiger partial charge in [-0.25, -0.2) is 4.39 Å². The van der Waals surface area contributed by atoms with E-state index in [0.29, 0.717) is 11.3 Å². The summed E-state index contributed by atoms with van der Waals surface area (Å²) in [4.78, 5) is 30.0. The Hall–Kier alpha value is -4.44. The fourth-order valence-electron chi connectivity index (χ4n) is 4.51. The lowest BCUT2D eigenvalue weighted by atomic mass is 10.1. The van der Waals surface area contributed by atoms with Gasteiger partial charge in [-0.1, -0.05) is 42.5 Å². The van der Waals surface area contributed by atoms with Gasteiger partial charge in [0.1, 0.15) is 12.4 Å². The maximum atomic E-state index is 13.8. The summed E-state index contributed by atoms with van der Waals surface area (Å²) in [5.74, 6) is -1.25. The van der Waals surface area contributed by atoms with E-state index in [-0.39, 0.29) is 50.8 Å². The van der Waals surface area contributed by atoms with Gasteiger partial charge >= 0.3 is 6.18 Å². The number of nitrogens with zero attached hydrogens (tertiary/aromatic N) is 3. The number of aromatic nitrogens is 1. The molecule has 0 unspecified atom stereocenters. The number of amides is 2. The van der Waals surface area contributed by atoms with E-state index in [1.807, 2.05) is 36.4 Å². The van der Waals surface area contributed by atoms with Crippen molar-refractivity contribution in [2.24, 2.45) is 0 Å². The number of rotatable bonds is 12. The molecule has 0 aliphatic rings. The lowest BCUT2D eigenvalue weighted by molar-refractivity contribution is -0.137. The summed E-state index contributed by atoms with van der Waals surface area (Å²) in [5, 5.41) is 0. The summed E-state index contributed by atoms with van der Waals surface area (Å²) >= 11 is 0. The van der Waals surface area contributed by atoms with Crippen molar-refractivity contribution in [3.63, 3.8) is 0 Å². The lowest BCUT2D eigenvalue weighted by Crippen LogP contribution is -2.44. The average molecular weight is 582 g/mol. The quantitative estimate of drug-likeness (QED) is 0.193. The third-order valence-electron chi connectivity index (χ3n) is 6.72. The summed E-state index contributed by atoms with van der Waals surface area (Å²) in [7, 11) is 1.49. The molecule has 220 valence electrons. The molecule has 0 fully saturated rings. The Bertz CT molecular complexity index is 1470. The van der Waals surface area contributed by atoms with E-state index in [0.717, 1.165) is 17.7 Å². The largest absolute Gasteiger partial charge is 0.416 e. The number of hydrogen-bond acceptors (Lipinski definition) is 3. The highest BCUT2D eigenvalue weighted by molar-refractivity contribution is 5.96. The summed E-state index contributed by atoms with van der Waals surface area (Å²) < 4.78 is 60.2. The van der Waals surface area contributed by atoms with Crippen molar-refractivity contribution in [1.82, 2.24) is 14.4 Å². The topological polar surface area (TPSA) is 54.8 Å². The number of halogens is 4. The van der Waals surface area contributed by atoms with Crippen LogP contribution in [-0.2, 0) is 35.3 Å². The predicted molar refractivity (Wildman–Crippen MR) is 150 cm³/mol. The first kappa shape index (κ1) is 30.5. The number of carbonyl (C=O) groups is 2. The van der Waals surface area contributed by atoms with Gasteiger partial charge < -0.3 is 19.1 Å². The van der Waals surface area contributed by atoms with Crippen molar-refractivity contribution in [1.29, 1.82) is 0 Å². The molecule has 6 nitrogen and oxygen atoms in total. The molecule has 4 aromatic rings. The van der Waals surface area contributed by atoms with Gasteiger partial charge in [0.15, 0.2) is 0 Å². The molecule has 0 saturated heterocycles. The van der Waals surface area contributed by atoms with E-state index in [1.165, 1.54) is 42.3 Å². The molecule has 0 atom stereocenters. The Morgan fingerprint density at radius 3 is 2.24 bits per heavy atom. The molecule has 2 amide bonds. The van der Waals surface area contributed by atoms with E-state index in [9.17, 15) is 27.2 Å². The second-order valence-electron chi connectivity index (χ2n) is 9.79. The van der Waals surface area contributed by atoms with Crippen molar-refractivity contribution in [2.75, 3.05) is 26.8 Å². The summed E-state index contributed by atoms with van der Waals surface area (Å²) in [5.41, 5.74) is 1.57. The van der Waals surface area contributed by atoms with E-state index in [2.05, 4.69) is 0 Å². The molecule has 0 N–H and O–H groups in total. The van der Waals surface area contributed by atoms with Gasteiger partial charge in [0.25, 0.3) is 5.91 Å². The number of ether oxygens (including phenoxy) is 1. The van der Waals surface area contributed by atoms with E-state index in [1.54, 1.807) is 27.8 Å². The van der Waals surface area contributed by atoms with Crippen LogP contribution in [0.2, 0.25) is 0 Å². The highest BCUT2D eigenvalue weighted by atomic mass is 19.4. The minimum absolute atomic E-state index is 0.142. The fourth-order valence-corrected chi connectivity index (χ4v) is 4.51. The third kappa shape index (κ3) is 8.29. The van der Waals surface area contributed by atoms with E-state index in [4.69, 9.17) is 4.74 Å². The van der Waals surface area contributed by atoms with Crippen LogP contribution in [0.3, 0.4) is 0 Å². The first-order chi connectivity index (χ1) is 20.1. The second kappa shape index (κ2) is 14.0. The van der Waals surface area contributed by atoms with Gasteiger partial charge in [-0.2, -0.15) is 13.2 Å². The second-order valence-corrected chi connectivity index (χ2v) is 9.79. The highest BCUT2D eigenvalue weighted by Gasteiger charge is 2.30. The number of alkyl halides is 3.